The minimum absolute atomic E-state index is 0.111. The van der Waals surface area contributed by atoms with E-state index in [9.17, 15) is 18.0 Å². The Morgan fingerprint density at radius 1 is 1.09 bits per heavy atom. The van der Waals surface area contributed by atoms with E-state index in [-0.39, 0.29) is 35.5 Å². The summed E-state index contributed by atoms with van der Waals surface area (Å²) in [7, 11) is 0. The molecule has 2 fully saturated rings. The average Bonchev–Trinajstić information content (AvgIpc) is 3.40. The van der Waals surface area contributed by atoms with Gasteiger partial charge in [-0.25, -0.2) is 15.0 Å². The molecule has 2 aliphatic rings. The second kappa shape index (κ2) is 8.09. The first kappa shape index (κ1) is 21.3. The minimum atomic E-state index is -4.46. The van der Waals surface area contributed by atoms with Gasteiger partial charge in [0.1, 0.15) is 11.8 Å². The van der Waals surface area contributed by atoms with Gasteiger partial charge in [-0.3, -0.25) is 9.78 Å². The number of fused-ring (bicyclic) bond motifs is 2. The lowest BCUT2D eigenvalue weighted by Crippen LogP contribution is -2.47. The number of aromatic nitrogens is 4. The lowest BCUT2D eigenvalue weighted by Gasteiger charge is -2.33. The van der Waals surface area contributed by atoms with Gasteiger partial charge < -0.3 is 9.64 Å². The summed E-state index contributed by atoms with van der Waals surface area (Å²) in [6.45, 7) is 2.46. The van der Waals surface area contributed by atoms with Crippen molar-refractivity contribution in [2.45, 2.75) is 38.1 Å². The molecule has 10 heteroatoms. The van der Waals surface area contributed by atoms with Crippen LogP contribution in [0, 0.1) is 12.8 Å². The highest BCUT2D eigenvalue weighted by molar-refractivity contribution is 5.98. The predicted molar refractivity (Wildman–Crippen MR) is 111 cm³/mol. The number of nitrogens with zero attached hydrogens (tertiary/aromatic N) is 5. The second-order valence-corrected chi connectivity index (χ2v) is 8.38. The average molecular weight is 455 g/mol. The molecular formula is C23H20F3N5O2. The van der Waals surface area contributed by atoms with E-state index < -0.39 is 11.7 Å². The summed E-state index contributed by atoms with van der Waals surface area (Å²) >= 11 is 0. The number of amides is 1. The first-order chi connectivity index (χ1) is 15.8. The normalized spacial score (nSPS) is 21.9. The van der Waals surface area contributed by atoms with Crippen molar-refractivity contribution in [1.82, 2.24) is 24.8 Å². The van der Waals surface area contributed by atoms with E-state index in [4.69, 9.17) is 4.74 Å². The Balaban J connectivity index is 1.37. The maximum atomic E-state index is 13.5. The molecule has 0 unspecified atom stereocenters. The molecular weight excluding hydrogens is 435 g/mol. The number of alkyl halides is 3. The predicted octanol–water partition coefficient (Wildman–Crippen LogP) is 3.94. The zero-order chi connectivity index (χ0) is 23.2. The quantitative estimate of drug-likeness (QED) is 0.593. The molecule has 2 bridgehead atoms. The van der Waals surface area contributed by atoms with Crippen LogP contribution in [0.4, 0.5) is 13.2 Å². The number of aryl methyl sites for hydroxylation is 1. The lowest BCUT2D eigenvalue weighted by atomic mass is 10.1. The Bertz CT molecular complexity index is 1170. The van der Waals surface area contributed by atoms with Crippen LogP contribution < -0.4 is 4.74 Å². The highest BCUT2D eigenvalue weighted by atomic mass is 19.4. The number of carbonyl (C=O) groups excluding carboxylic acids is 1. The summed E-state index contributed by atoms with van der Waals surface area (Å²) < 4.78 is 44.3. The van der Waals surface area contributed by atoms with E-state index in [2.05, 4.69) is 19.9 Å². The molecule has 1 amide bonds. The summed E-state index contributed by atoms with van der Waals surface area (Å²) in [6, 6.07) is 5.49. The van der Waals surface area contributed by atoms with E-state index in [0.29, 0.717) is 24.4 Å². The molecule has 1 saturated heterocycles. The topological polar surface area (TPSA) is 81.1 Å². The summed E-state index contributed by atoms with van der Waals surface area (Å²) in [5.41, 5.74) is 0.878. The molecule has 3 aromatic heterocycles. The van der Waals surface area contributed by atoms with Gasteiger partial charge in [0.15, 0.2) is 5.82 Å². The summed E-state index contributed by atoms with van der Waals surface area (Å²) in [4.78, 5) is 32.0. The van der Waals surface area contributed by atoms with Gasteiger partial charge in [0.2, 0.25) is 5.88 Å². The highest BCUT2D eigenvalue weighted by Gasteiger charge is 2.49. The molecule has 3 aromatic rings. The fourth-order valence-corrected chi connectivity index (χ4v) is 4.58. The first-order valence-corrected chi connectivity index (χ1v) is 10.5. The molecule has 33 heavy (non-hydrogen) atoms. The van der Waals surface area contributed by atoms with Gasteiger partial charge in [0.25, 0.3) is 5.91 Å². The Hall–Kier alpha value is -3.56. The summed E-state index contributed by atoms with van der Waals surface area (Å²) in [6.07, 6.45) is 2.28. The molecule has 1 aliphatic carbocycles. The molecule has 0 radical (unpaired) electrons. The number of rotatable bonds is 4. The third-order valence-electron chi connectivity index (χ3n) is 6.06. The number of ether oxygens (including phenoxy) is 1. The van der Waals surface area contributed by atoms with Crippen LogP contribution >= 0.6 is 0 Å². The second-order valence-electron chi connectivity index (χ2n) is 8.38. The fraction of sp³-hybridized carbons (Fsp3) is 0.348. The van der Waals surface area contributed by atoms with E-state index in [1.807, 2.05) is 13.0 Å². The number of halogens is 3. The summed E-state index contributed by atoms with van der Waals surface area (Å²) in [5.74, 6) is 0.543. The van der Waals surface area contributed by atoms with Gasteiger partial charge in [0, 0.05) is 37.4 Å². The number of piperidine rings is 1. The van der Waals surface area contributed by atoms with Crippen molar-refractivity contribution in [3.63, 3.8) is 0 Å². The van der Waals surface area contributed by atoms with Gasteiger partial charge in [-0.2, -0.15) is 13.2 Å². The standard InChI is InChI=1S/C23H20F3N5O2/c1-13-7-16(21-27-5-2-6-28-21)20(30-10-13)22(32)31-12-14-8-17(31)18(9-14)33-19-4-3-15(11-29-19)23(24,25)26/h2-7,10-11,14,17-18H,8-9,12H2,1H3/t14-,17+,18-/m1/s1. The minimum Gasteiger partial charge on any atom is -0.472 e. The maximum Gasteiger partial charge on any atom is 0.417 e. The number of hydrogen-bond acceptors (Lipinski definition) is 6. The number of hydrogen-bond donors (Lipinski definition) is 0. The molecule has 7 nitrogen and oxygen atoms in total. The Labute approximate surface area is 187 Å². The van der Waals surface area contributed by atoms with Crippen LogP contribution in [0.15, 0.2) is 49.1 Å². The smallest absolute Gasteiger partial charge is 0.417 e. The first-order valence-electron chi connectivity index (χ1n) is 10.5. The van der Waals surface area contributed by atoms with Crippen molar-refractivity contribution in [3.05, 3.63) is 65.9 Å². The van der Waals surface area contributed by atoms with Crippen molar-refractivity contribution >= 4 is 5.91 Å². The van der Waals surface area contributed by atoms with E-state index >= 15 is 0 Å². The van der Waals surface area contributed by atoms with Crippen LogP contribution in [0.25, 0.3) is 11.4 Å². The van der Waals surface area contributed by atoms with Crippen LogP contribution in [0.3, 0.4) is 0 Å². The molecule has 4 heterocycles. The van der Waals surface area contributed by atoms with Gasteiger partial charge in [-0.15, -0.1) is 0 Å². The lowest BCUT2D eigenvalue weighted by molar-refractivity contribution is -0.137. The van der Waals surface area contributed by atoms with Crippen molar-refractivity contribution < 1.29 is 22.7 Å². The van der Waals surface area contributed by atoms with E-state index in [1.165, 1.54) is 6.07 Å². The maximum absolute atomic E-state index is 13.5. The Morgan fingerprint density at radius 3 is 2.55 bits per heavy atom. The molecule has 1 aliphatic heterocycles. The van der Waals surface area contributed by atoms with Crippen molar-refractivity contribution in [1.29, 1.82) is 0 Å². The van der Waals surface area contributed by atoms with Crippen molar-refractivity contribution in [3.8, 4) is 17.3 Å². The zero-order valence-corrected chi connectivity index (χ0v) is 17.7. The molecule has 170 valence electrons. The molecule has 1 saturated carbocycles. The van der Waals surface area contributed by atoms with Crippen molar-refractivity contribution in [2.24, 2.45) is 5.92 Å². The number of pyridine rings is 2. The van der Waals surface area contributed by atoms with E-state index in [0.717, 1.165) is 24.2 Å². The van der Waals surface area contributed by atoms with Crippen LogP contribution in [-0.4, -0.2) is 49.4 Å². The molecule has 0 N–H and O–H groups in total. The number of likely N-dealkylation sites (tertiary alicyclic amines) is 1. The highest BCUT2D eigenvalue weighted by Crippen LogP contribution is 2.41. The van der Waals surface area contributed by atoms with Crippen LogP contribution in [-0.2, 0) is 6.18 Å². The van der Waals surface area contributed by atoms with Crippen LogP contribution in [0.5, 0.6) is 5.88 Å². The number of carbonyl (C=O) groups is 1. The Morgan fingerprint density at radius 2 is 1.88 bits per heavy atom. The molecule has 0 aromatic carbocycles. The third-order valence-corrected chi connectivity index (χ3v) is 6.06. The van der Waals surface area contributed by atoms with Gasteiger partial charge in [-0.1, -0.05) is 0 Å². The van der Waals surface area contributed by atoms with Crippen LogP contribution in [0.2, 0.25) is 0 Å². The molecule has 3 atom stereocenters. The van der Waals surface area contributed by atoms with Crippen molar-refractivity contribution in [2.75, 3.05) is 6.54 Å². The monoisotopic (exact) mass is 455 g/mol. The molecule has 5 rings (SSSR count). The molecule has 0 spiro atoms. The van der Waals surface area contributed by atoms with Gasteiger partial charge >= 0.3 is 6.18 Å². The SMILES string of the molecule is Cc1cnc(C(=O)N2C[C@H]3C[C@@H](Oc4ccc(C(F)(F)F)cn4)[C@@H]2C3)c(-c2ncccn2)c1. The summed E-state index contributed by atoms with van der Waals surface area (Å²) in [5, 5.41) is 0. The van der Waals surface area contributed by atoms with Gasteiger partial charge in [-0.05, 0) is 49.4 Å². The van der Waals surface area contributed by atoms with Crippen LogP contribution in [0.1, 0.15) is 34.5 Å². The van der Waals surface area contributed by atoms with E-state index in [1.54, 1.807) is 29.6 Å². The zero-order valence-electron chi connectivity index (χ0n) is 17.7. The fourth-order valence-electron chi connectivity index (χ4n) is 4.58. The third kappa shape index (κ3) is 4.12. The Kier molecular flexibility index (Phi) is 5.22. The van der Waals surface area contributed by atoms with Gasteiger partial charge in [0.05, 0.1) is 17.2 Å². The largest absolute Gasteiger partial charge is 0.472 e.